The standard InChI is InChI=1S/C19H20ClNO3S/c1-2-24-17(22)15-9-12-25-16(15)21-18(23)19(10-3-4-11-19)13-5-7-14(20)8-6-13/h5-9,12H,2-4,10-11H2,1H3,(H,21,23). The van der Waals surface area contributed by atoms with E-state index in [4.69, 9.17) is 16.3 Å². The molecule has 1 aliphatic carbocycles. The molecule has 132 valence electrons. The van der Waals surface area contributed by atoms with Crippen molar-refractivity contribution in [3.8, 4) is 0 Å². The second-order valence-corrected chi connectivity index (χ2v) is 7.49. The molecule has 1 heterocycles. The molecule has 1 aromatic carbocycles. The van der Waals surface area contributed by atoms with Gasteiger partial charge in [0.25, 0.3) is 0 Å². The van der Waals surface area contributed by atoms with Gasteiger partial charge in [0.05, 0.1) is 17.6 Å². The van der Waals surface area contributed by atoms with Gasteiger partial charge >= 0.3 is 5.97 Å². The first-order chi connectivity index (χ1) is 12.1. The van der Waals surface area contributed by atoms with Gasteiger partial charge in [-0.05, 0) is 48.9 Å². The third-order valence-corrected chi connectivity index (χ3v) is 5.76. The van der Waals surface area contributed by atoms with Crippen molar-refractivity contribution in [2.24, 2.45) is 0 Å². The summed E-state index contributed by atoms with van der Waals surface area (Å²) in [6.07, 6.45) is 3.59. The zero-order valence-electron chi connectivity index (χ0n) is 14.0. The van der Waals surface area contributed by atoms with E-state index in [1.54, 1.807) is 18.4 Å². The van der Waals surface area contributed by atoms with Gasteiger partial charge in [0.15, 0.2) is 0 Å². The van der Waals surface area contributed by atoms with E-state index in [0.717, 1.165) is 31.2 Å². The number of nitrogens with one attached hydrogen (secondary N) is 1. The molecule has 2 aromatic rings. The number of carbonyl (C=O) groups excluding carboxylic acids is 2. The SMILES string of the molecule is CCOC(=O)c1ccsc1NC(=O)C1(c2ccc(Cl)cc2)CCCC1. The predicted molar refractivity (Wildman–Crippen MR) is 101 cm³/mol. The summed E-state index contributed by atoms with van der Waals surface area (Å²) in [6, 6.07) is 9.17. The molecule has 25 heavy (non-hydrogen) atoms. The minimum atomic E-state index is -0.569. The van der Waals surface area contributed by atoms with E-state index < -0.39 is 11.4 Å². The van der Waals surface area contributed by atoms with Gasteiger partial charge < -0.3 is 10.1 Å². The molecule has 4 nitrogen and oxygen atoms in total. The number of ether oxygens (including phenoxy) is 1. The molecule has 0 spiro atoms. The normalized spacial score (nSPS) is 15.8. The zero-order valence-corrected chi connectivity index (χ0v) is 15.6. The van der Waals surface area contributed by atoms with Gasteiger partial charge in [-0.15, -0.1) is 11.3 Å². The summed E-state index contributed by atoms with van der Waals surface area (Å²) in [7, 11) is 0. The summed E-state index contributed by atoms with van der Waals surface area (Å²) in [5.74, 6) is -0.480. The molecule has 6 heteroatoms. The van der Waals surface area contributed by atoms with Crippen LogP contribution in [0, 0.1) is 0 Å². The Balaban J connectivity index is 1.87. The molecular formula is C19H20ClNO3S. The molecular weight excluding hydrogens is 358 g/mol. The van der Waals surface area contributed by atoms with Crippen LogP contribution in [0.1, 0.15) is 48.5 Å². The predicted octanol–water partition coefficient (Wildman–Crippen LogP) is 5.03. The number of hydrogen-bond acceptors (Lipinski definition) is 4. The smallest absolute Gasteiger partial charge is 0.341 e. The Hall–Kier alpha value is -1.85. The molecule has 1 amide bonds. The van der Waals surface area contributed by atoms with Crippen LogP contribution in [0.15, 0.2) is 35.7 Å². The third-order valence-electron chi connectivity index (χ3n) is 4.68. The lowest BCUT2D eigenvalue weighted by Crippen LogP contribution is -2.38. The Morgan fingerprint density at radius 3 is 2.52 bits per heavy atom. The molecule has 1 saturated carbocycles. The lowest BCUT2D eigenvalue weighted by molar-refractivity contribution is -0.121. The molecule has 0 saturated heterocycles. The molecule has 0 atom stereocenters. The summed E-state index contributed by atoms with van der Waals surface area (Å²) < 4.78 is 5.06. The van der Waals surface area contributed by atoms with Crippen molar-refractivity contribution in [1.82, 2.24) is 0 Å². The van der Waals surface area contributed by atoms with E-state index in [-0.39, 0.29) is 5.91 Å². The van der Waals surface area contributed by atoms with Crippen LogP contribution in [0.3, 0.4) is 0 Å². The molecule has 1 fully saturated rings. The largest absolute Gasteiger partial charge is 0.462 e. The monoisotopic (exact) mass is 377 g/mol. The number of anilines is 1. The van der Waals surface area contributed by atoms with Gasteiger partial charge in [-0.2, -0.15) is 0 Å². The van der Waals surface area contributed by atoms with E-state index in [1.165, 1.54) is 11.3 Å². The quantitative estimate of drug-likeness (QED) is 0.743. The van der Waals surface area contributed by atoms with Crippen molar-refractivity contribution >= 4 is 39.8 Å². The maximum absolute atomic E-state index is 13.2. The van der Waals surface area contributed by atoms with Crippen molar-refractivity contribution in [2.45, 2.75) is 38.0 Å². The van der Waals surface area contributed by atoms with Crippen LogP contribution in [0.5, 0.6) is 0 Å². The highest BCUT2D eigenvalue weighted by atomic mass is 35.5. The molecule has 0 aliphatic heterocycles. The van der Waals surface area contributed by atoms with Crippen LogP contribution in [0.2, 0.25) is 5.02 Å². The van der Waals surface area contributed by atoms with Crippen LogP contribution < -0.4 is 5.32 Å². The summed E-state index contributed by atoms with van der Waals surface area (Å²) >= 11 is 7.33. The number of halogens is 1. The third kappa shape index (κ3) is 3.58. The van der Waals surface area contributed by atoms with Crippen molar-refractivity contribution in [1.29, 1.82) is 0 Å². The fraction of sp³-hybridized carbons (Fsp3) is 0.368. The van der Waals surface area contributed by atoms with Gasteiger partial charge in [0.1, 0.15) is 5.00 Å². The number of amides is 1. The van der Waals surface area contributed by atoms with Gasteiger partial charge in [-0.3, -0.25) is 4.79 Å². The molecule has 1 aromatic heterocycles. The summed E-state index contributed by atoms with van der Waals surface area (Å²) in [4.78, 5) is 25.2. The number of benzene rings is 1. The molecule has 1 N–H and O–H groups in total. The lowest BCUT2D eigenvalue weighted by atomic mass is 9.78. The van der Waals surface area contributed by atoms with Gasteiger partial charge in [-0.25, -0.2) is 4.79 Å². The highest BCUT2D eigenvalue weighted by molar-refractivity contribution is 7.14. The van der Waals surface area contributed by atoms with Crippen molar-refractivity contribution in [3.63, 3.8) is 0 Å². The van der Waals surface area contributed by atoms with Crippen LogP contribution >= 0.6 is 22.9 Å². The van der Waals surface area contributed by atoms with Crippen molar-refractivity contribution in [2.75, 3.05) is 11.9 Å². The minimum absolute atomic E-state index is 0.0691. The van der Waals surface area contributed by atoms with E-state index in [2.05, 4.69) is 5.32 Å². The topological polar surface area (TPSA) is 55.4 Å². The molecule has 0 unspecified atom stereocenters. The van der Waals surface area contributed by atoms with E-state index >= 15 is 0 Å². The second kappa shape index (κ2) is 7.58. The Morgan fingerprint density at radius 1 is 1.20 bits per heavy atom. The van der Waals surface area contributed by atoms with Crippen molar-refractivity contribution in [3.05, 3.63) is 51.9 Å². The Kier molecular flexibility index (Phi) is 5.45. The molecule has 1 aliphatic rings. The molecule has 0 radical (unpaired) electrons. The fourth-order valence-electron chi connectivity index (χ4n) is 3.39. The van der Waals surface area contributed by atoms with Crippen molar-refractivity contribution < 1.29 is 14.3 Å². The highest BCUT2D eigenvalue weighted by Gasteiger charge is 2.43. The Labute approximate surface area is 156 Å². The van der Waals surface area contributed by atoms with Gasteiger partial charge in [-0.1, -0.05) is 36.6 Å². The molecule has 0 bridgehead atoms. The maximum atomic E-state index is 13.2. The molecule has 3 rings (SSSR count). The summed E-state index contributed by atoms with van der Waals surface area (Å²) in [5, 5.41) is 5.95. The highest BCUT2D eigenvalue weighted by Crippen LogP contribution is 2.43. The average Bonchev–Trinajstić information content (AvgIpc) is 3.25. The van der Waals surface area contributed by atoms with Crippen LogP contribution in [-0.4, -0.2) is 18.5 Å². The van der Waals surface area contributed by atoms with E-state index in [9.17, 15) is 9.59 Å². The summed E-state index contributed by atoms with van der Waals surface area (Å²) in [6.45, 7) is 2.06. The Morgan fingerprint density at radius 2 is 1.88 bits per heavy atom. The van der Waals surface area contributed by atoms with Gasteiger partial charge in [0.2, 0.25) is 5.91 Å². The first-order valence-electron chi connectivity index (χ1n) is 8.39. The first kappa shape index (κ1) is 18.0. The van der Waals surface area contributed by atoms with E-state index in [1.807, 2.05) is 24.3 Å². The van der Waals surface area contributed by atoms with Crippen LogP contribution in [-0.2, 0) is 14.9 Å². The number of esters is 1. The summed E-state index contributed by atoms with van der Waals surface area (Å²) in [5.41, 5.74) is 0.811. The average molecular weight is 378 g/mol. The second-order valence-electron chi connectivity index (χ2n) is 6.13. The number of carbonyl (C=O) groups is 2. The number of rotatable bonds is 5. The van der Waals surface area contributed by atoms with E-state index in [0.29, 0.717) is 22.2 Å². The zero-order chi connectivity index (χ0) is 17.9. The number of thiophene rings is 1. The number of hydrogen-bond donors (Lipinski definition) is 1. The maximum Gasteiger partial charge on any atom is 0.341 e. The fourth-order valence-corrected chi connectivity index (χ4v) is 4.29. The lowest BCUT2D eigenvalue weighted by Gasteiger charge is -2.28. The Bertz CT molecular complexity index is 763. The van der Waals surface area contributed by atoms with Crippen LogP contribution in [0.25, 0.3) is 0 Å². The first-order valence-corrected chi connectivity index (χ1v) is 9.65. The van der Waals surface area contributed by atoms with Gasteiger partial charge in [0, 0.05) is 5.02 Å². The minimum Gasteiger partial charge on any atom is -0.462 e. The van der Waals surface area contributed by atoms with Crippen LogP contribution in [0.4, 0.5) is 5.00 Å².